The van der Waals surface area contributed by atoms with Crippen LogP contribution in [0.3, 0.4) is 0 Å². The van der Waals surface area contributed by atoms with Crippen molar-refractivity contribution in [3.05, 3.63) is 59.7 Å². The summed E-state index contributed by atoms with van der Waals surface area (Å²) in [4.78, 5) is 23.7. The van der Waals surface area contributed by atoms with Gasteiger partial charge in [-0.25, -0.2) is 0 Å². The highest BCUT2D eigenvalue weighted by Gasteiger charge is 2.09. The fourth-order valence-corrected chi connectivity index (χ4v) is 2.19. The molecule has 24 heavy (non-hydrogen) atoms. The van der Waals surface area contributed by atoms with Crippen LogP contribution in [0.1, 0.15) is 24.0 Å². The quantitative estimate of drug-likeness (QED) is 0.855. The molecule has 0 atom stereocenters. The van der Waals surface area contributed by atoms with Crippen molar-refractivity contribution >= 4 is 23.2 Å². The Bertz CT molecular complexity index is 761. The number of rotatable bonds is 6. The van der Waals surface area contributed by atoms with Gasteiger partial charge in [0.25, 0.3) is 0 Å². The molecule has 2 N–H and O–H groups in total. The van der Waals surface area contributed by atoms with Crippen LogP contribution in [-0.2, 0) is 16.0 Å². The van der Waals surface area contributed by atoms with E-state index in [4.69, 9.17) is 5.26 Å². The SMILES string of the molecule is Cc1ccc(CCC(=O)Nc2ccccc2NC(=O)CC#N)cc1. The maximum absolute atomic E-state index is 12.1. The Morgan fingerprint density at radius 1 is 0.958 bits per heavy atom. The number of para-hydroxylation sites is 2. The Balaban J connectivity index is 1.95. The summed E-state index contributed by atoms with van der Waals surface area (Å²) in [5.41, 5.74) is 3.30. The molecule has 2 aromatic rings. The lowest BCUT2D eigenvalue weighted by Gasteiger charge is -2.11. The van der Waals surface area contributed by atoms with Gasteiger partial charge in [-0.3, -0.25) is 9.59 Å². The summed E-state index contributed by atoms with van der Waals surface area (Å²) in [5, 5.41) is 14.0. The minimum absolute atomic E-state index is 0.127. The first-order valence-electron chi connectivity index (χ1n) is 7.69. The van der Waals surface area contributed by atoms with Crippen LogP contribution in [0.4, 0.5) is 11.4 Å². The van der Waals surface area contributed by atoms with E-state index in [0.29, 0.717) is 24.2 Å². The third-order valence-corrected chi connectivity index (χ3v) is 3.48. The highest BCUT2D eigenvalue weighted by Crippen LogP contribution is 2.21. The van der Waals surface area contributed by atoms with Crippen LogP contribution in [0, 0.1) is 18.3 Å². The molecule has 5 nitrogen and oxygen atoms in total. The van der Waals surface area contributed by atoms with E-state index in [2.05, 4.69) is 10.6 Å². The van der Waals surface area contributed by atoms with Gasteiger partial charge in [-0.05, 0) is 31.0 Å². The van der Waals surface area contributed by atoms with Gasteiger partial charge in [0.05, 0.1) is 17.4 Å². The highest BCUT2D eigenvalue weighted by atomic mass is 16.2. The second kappa shape index (κ2) is 8.49. The minimum atomic E-state index is -0.404. The normalized spacial score (nSPS) is 9.83. The molecule has 2 amide bonds. The maximum atomic E-state index is 12.1. The molecule has 0 aromatic heterocycles. The summed E-state index contributed by atoms with van der Waals surface area (Å²) in [5.74, 6) is -0.531. The number of benzene rings is 2. The summed E-state index contributed by atoms with van der Waals surface area (Å²) in [6.45, 7) is 2.02. The number of nitrogens with one attached hydrogen (secondary N) is 2. The average molecular weight is 321 g/mol. The molecule has 0 aliphatic rings. The number of nitrogens with zero attached hydrogens (tertiary/aromatic N) is 1. The van der Waals surface area contributed by atoms with Crippen molar-refractivity contribution in [3.63, 3.8) is 0 Å². The summed E-state index contributed by atoms with van der Waals surface area (Å²) in [7, 11) is 0. The zero-order valence-electron chi connectivity index (χ0n) is 13.5. The largest absolute Gasteiger partial charge is 0.324 e. The molecule has 2 rings (SSSR count). The number of hydrogen-bond acceptors (Lipinski definition) is 3. The molecule has 0 fully saturated rings. The Hall–Kier alpha value is -3.13. The Morgan fingerprint density at radius 2 is 1.54 bits per heavy atom. The van der Waals surface area contributed by atoms with E-state index in [1.54, 1.807) is 30.3 Å². The monoisotopic (exact) mass is 321 g/mol. The van der Waals surface area contributed by atoms with Crippen LogP contribution in [-0.4, -0.2) is 11.8 Å². The molecule has 0 saturated carbocycles. The summed E-state index contributed by atoms with van der Waals surface area (Å²) < 4.78 is 0. The van der Waals surface area contributed by atoms with Gasteiger partial charge >= 0.3 is 0 Å². The van der Waals surface area contributed by atoms with E-state index in [1.807, 2.05) is 31.2 Å². The number of anilines is 2. The van der Waals surface area contributed by atoms with Gasteiger partial charge < -0.3 is 10.6 Å². The van der Waals surface area contributed by atoms with Gasteiger partial charge in [-0.15, -0.1) is 0 Å². The number of hydrogen-bond donors (Lipinski definition) is 2. The van der Waals surface area contributed by atoms with Crippen LogP contribution >= 0.6 is 0 Å². The van der Waals surface area contributed by atoms with Gasteiger partial charge in [-0.2, -0.15) is 5.26 Å². The summed E-state index contributed by atoms with van der Waals surface area (Å²) >= 11 is 0. The first-order chi connectivity index (χ1) is 11.6. The molecule has 5 heteroatoms. The van der Waals surface area contributed by atoms with E-state index >= 15 is 0 Å². The number of nitriles is 1. The summed E-state index contributed by atoms with van der Waals surface area (Å²) in [6, 6.07) is 16.8. The zero-order valence-corrected chi connectivity index (χ0v) is 13.5. The minimum Gasteiger partial charge on any atom is -0.324 e. The summed E-state index contributed by atoms with van der Waals surface area (Å²) in [6.07, 6.45) is 0.772. The number of aryl methyl sites for hydroxylation is 2. The maximum Gasteiger partial charge on any atom is 0.238 e. The van der Waals surface area contributed by atoms with E-state index < -0.39 is 5.91 Å². The van der Waals surface area contributed by atoms with Crippen LogP contribution in [0.25, 0.3) is 0 Å². The van der Waals surface area contributed by atoms with Crippen LogP contribution in [0.15, 0.2) is 48.5 Å². The molecule has 0 radical (unpaired) electrons. The molecule has 122 valence electrons. The van der Waals surface area contributed by atoms with E-state index in [-0.39, 0.29) is 12.3 Å². The van der Waals surface area contributed by atoms with Crippen molar-refractivity contribution in [2.75, 3.05) is 10.6 Å². The number of carbonyl (C=O) groups excluding carboxylic acids is 2. The van der Waals surface area contributed by atoms with Crippen LogP contribution in [0.5, 0.6) is 0 Å². The van der Waals surface area contributed by atoms with E-state index in [1.165, 1.54) is 5.56 Å². The number of amides is 2. The highest BCUT2D eigenvalue weighted by molar-refractivity contribution is 6.00. The van der Waals surface area contributed by atoms with Crippen molar-refractivity contribution in [2.24, 2.45) is 0 Å². The van der Waals surface area contributed by atoms with Gasteiger partial charge in [0.15, 0.2) is 0 Å². The first kappa shape index (κ1) is 17.2. The second-order valence-electron chi connectivity index (χ2n) is 5.46. The van der Waals surface area contributed by atoms with Crippen molar-refractivity contribution in [2.45, 2.75) is 26.2 Å². The van der Waals surface area contributed by atoms with Gasteiger partial charge in [-0.1, -0.05) is 42.0 Å². The molecular formula is C19H19N3O2. The van der Waals surface area contributed by atoms with Crippen molar-refractivity contribution < 1.29 is 9.59 Å². The third kappa shape index (κ3) is 5.25. The molecule has 0 heterocycles. The molecule has 2 aromatic carbocycles. The van der Waals surface area contributed by atoms with E-state index in [0.717, 1.165) is 5.56 Å². The Kier molecular flexibility index (Phi) is 6.09. The molecular weight excluding hydrogens is 302 g/mol. The van der Waals surface area contributed by atoms with E-state index in [9.17, 15) is 9.59 Å². The standard InChI is InChI=1S/C19H19N3O2/c1-14-6-8-15(9-7-14)10-11-18(23)21-16-4-2-3-5-17(16)22-19(24)12-13-20/h2-9H,10-12H2,1H3,(H,21,23)(H,22,24). The third-order valence-electron chi connectivity index (χ3n) is 3.48. The molecule has 0 saturated heterocycles. The molecule has 0 spiro atoms. The van der Waals surface area contributed by atoms with Crippen molar-refractivity contribution in [3.8, 4) is 6.07 Å². The predicted molar refractivity (Wildman–Crippen MR) is 93.4 cm³/mol. The molecule has 0 unspecified atom stereocenters. The molecule has 0 aliphatic carbocycles. The smallest absolute Gasteiger partial charge is 0.238 e. The lowest BCUT2D eigenvalue weighted by Crippen LogP contribution is -2.16. The lowest BCUT2D eigenvalue weighted by molar-refractivity contribution is -0.116. The molecule has 0 aliphatic heterocycles. The topological polar surface area (TPSA) is 82.0 Å². The van der Waals surface area contributed by atoms with Crippen molar-refractivity contribution in [1.82, 2.24) is 0 Å². The van der Waals surface area contributed by atoms with Crippen molar-refractivity contribution in [1.29, 1.82) is 5.26 Å². The molecule has 0 bridgehead atoms. The average Bonchev–Trinajstić information content (AvgIpc) is 2.56. The zero-order chi connectivity index (χ0) is 17.4. The fraction of sp³-hybridized carbons (Fsp3) is 0.211. The van der Waals surface area contributed by atoms with Crippen LogP contribution in [0.2, 0.25) is 0 Å². The Morgan fingerprint density at radius 3 is 2.12 bits per heavy atom. The van der Waals surface area contributed by atoms with Gasteiger partial charge in [0, 0.05) is 6.42 Å². The van der Waals surface area contributed by atoms with Gasteiger partial charge in [0.1, 0.15) is 6.42 Å². The fourth-order valence-electron chi connectivity index (χ4n) is 2.19. The first-order valence-corrected chi connectivity index (χ1v) is 7.69. The number of carbonyl (C=O) groups is 2. The van der Waals surface area contributed by atoms with Crippen LogP contribution < -0.4 is 10.6 Å². The second-order valence-corrected chi connectivity index (χ2v) is 5.46. The predicted octanol–water partition coefficient (Wildman–Crippen LogP) is 3.42. The lowest BCUT2D eigenvalue weighted by atomic mass is 10.1. The van der Waals surface area contributed by atoms with Gasteiger partial charge in [0.2, 0.25) is 11.8 Å². The Labute approximate surface area is 141 Å².